The number of hydrogen-bond acceptors (Lipinski definition) is 4. The maximum atomic E-state index is 11.7. The standard InChI is InChI=1S/C10H11ClO3S/c1-4-14-10(13)8(12)7-5(2)9(11)15-6(7)3/h4H2,1-3H3. The first-order chi connectivity index (χ1) is 6.99. The Morgan fingerprint density at radius 1 is 1.40 bits per heavy atom. The third-order valence-electron chi connectivity index (χ3n) is 1.95. The van der Waals surface area contributed by atoms with E-state index in [2.05, 4.69) is 4.74 Å². The number of carbonyl (C=O) groups excluding carboxylic acids is 2. The molecule has 0 aliphatic heterocycles. The van der Waals surface area contributed by atoms with Crippen molar-refractivity contribution in [1.29, 1.82) is 0 Å². The molecular weight excluding hydrogens is 236 g/mol. The van der Waals surface area contributed by atoms with Crippen molar-refractivity contribution in [2.75, 3.05) is 6.61 Å². The van der Waals surface area contributed by atoms with Crippen LogP contribution in [0.3, 0.4) is 0 Å². The van der Waals surface area contributed by atoms with E-state index < -0.39 is 11.8 Å². The summed E-state index contributed by atoms with van der Waals surface area (Å²) in [5.74, 6) is -1.44. The highest BCUT2D eigenvalue weighted by Gasteiger charge is 2.24. The zero-order valence-corrected chi connectivity index (χ0v) is 10.3. The third kappa shape index (κ3) is 2.38. The molecule has 3 nitrogen and oxygen atoms in total. The first kappa shape index (κ1) is 12.2. The fourth-order valence-corrected chi connectivity index (χ4v) is 2.57. The number of thiophene rings is 1. The van der Waals surface area contributed by atoms with Gasteiger partial charge in [-0.3, -0.25) is 4.79 Å². The molecule has 82 valence electrons. The lowest BCUT2D eigenvalue weighted by atomic mass is 10.1. The predicted octanol–water partition coefficient (Wildman–Crippen LogP) is 2.76. The topological polar surface area (TPSA) is 43.4 Å². The number of ether oxygens (including phenoxy) is 1. The summed E-state index contributed by atoms with van der Waals surface area (Å²) in [6.07, 6.45) is 0. The van der Waals surface area contributed by atoms with Crippen molar-refractivity contribution in [2.24, 2.45) is 0 Å². The molecule has 0 unspecified atom stereocenters. The highest BCUT2D eigenvalue weighted by molar-refractivity contribution is 7.16. The van der Waals surface area contributed by atoms with Crippen LogP contribution >= 0.6 is 22.9 Å². The maximum Gasteiger partial charge on any atom is 0.379 e. The van der Waals surface area contributed by atoms with E-state index in [1.807, 2.05) is 0 Å². The lowest BCUT2D eigenvalue weighted by Gasteiger charge is -2.01. The molecule has 0 atom stereocenters. The van der Waals surface area contributed by atoms with Gasteiger partial charge >= 0.3 is 5.97 Å². The number of halogens is 1. The molecular formula is C10H11ClO3S. The second-order valence-electron chi connectivity index (χ2n) is 2.98. The Balaban J connectivity index is 3.06. The zero-order valence-electron chi connectivity index (χ0n) is 8.72. The van der Waals surface area contributed by atoms with E-state index in [1.165, 1.54) is 11.3 Å². The van der Waals surface area contributed by atoms with Crippen molar-refractivity contribution in [3.05, 3.63) is 20.3 Å². The first-order valence-corrected chi connectivity index (χ1v) is 5.65. The van der Waals surface area contributed by atoms with Gasteiger partial charge in [0.05, 0.1) is 10.9 Å². The molecule has 15 heavy (non-hydrogen) atoms. The Kier molecular flexibility index (Phi) is 3.88. The number of rotatable bonds is 3. The van der Waals surface area contributed by atoms with E-state index in [9.17, 15) is 9.59 Å². The summed E-state index contributed by atoms with van der Waals surface area (Å²) >= 11 is 7.17. The molecule has 0 saturated heterocycles. The Bertz CT molecular complexity index is 409. The van der Waals surface area contributed by atoms with Gasteiger partial charge < -0.3 is 4.74 Å². The molecule has 0 N–H and O–H groups in total. The summed E-state index contributed by atoms with van der Waals surface area (Å²) < 4.78 is 5.19. The minimum atomic E-state index is -0.821. The molecule has 0 aliphatic rings. The van der Waals surface area contributed by atoms with Gasteiger partial charge in [0.25, 0.3) is 5.78 Å². The molecule has 0 spiro atoms. The van der Waals surface area contributed by atoms with Crippen LogP contribution < -0.4 is 0 Å². The monoisotopic (exact) mass is 246 g/mol. The fraction of sp³-hybridized carbons (Fsp3) is 0.400. The van der Waals surface area contributed by atoms with Crippen molar-refractivity contribution in [1.82, 2.24) is 0 Å². The normalized spacial score (nSPS) is 10.1. The Hall–Kier alpha value is -0.870. The van der Waals surface area contributed by atoms with Crippen molar-refractivity contribution in [3.63, 3.8) is 0 Å². The third-order valence-corrected chi connectivity index (χ3v) is 3.46. The maximum absolute atomic E-state index is 11.7. The molecule has 0 saturated carbocycles. The van der Waals surface area contributed by atoms with Crippen molar-refractivity contribution in [2.45, 2.75) is 20.8 Å². The van der Waals surface area contributed by atoms with Crippen LogP contribution in [0.15, 0.2) is 0 Å². The number of aryl methyl sites for hydroxylation is 1. The number of esters is 1. The minimum Gasteiger partial charge on any atom is -0.460 e. The van der Waals surface area contributed by atoms with Gasteiger partial charge in [-0.05, 0) is 26.3 Å². The predicted molar refractivity (Wildman–Crippen MR) is 59.8 cm³/mol. The zero-order chi connectivity index (χ0) is 11.6. The molecule has 0 radical (unpaired) electrons. The summed E-state index contributed by atoms with van der Waals surface area (Å²) in [7, 11) is 0. The quantitative estimate of drug-likeness (QED) is 0.468. The average Bonchev–Trinajstić information content (AvgIpc) is 2.41. The highest BCUT2D eigenvalue weighted by Crippen LogP contribution is 2.31. The molecule has 1 aromatic heterocycles. The number of carbonyl (C=O) groups is 2. The van der Waals surface area contributed by atoms with E-state index in [1.54, 1.807) is 20.8 Å². The van der Waals surface area contributed by atoms with E-state index in [0.717, 1.165) is 4.88 Å². The molecule has 5 heteroatoms. The first-order valence-electron chi connectivity index (χ1n) is 4.46. The average molecular weight is 247 g/mol. The molecule has 1 heterocycles. The van der Waals surface area contributed by atoms with Gasteiger partial charge in [-0.25, -0.2) is 4.79 Å². The summed E-state index contributed by atoms with van der Waals surface area (Å²) in [6.45, 7) is 5.33. The Labute approximate surface area is 97.0 Å². The van der Waals surface area contributed by atoms with Crippen LogP contribution in [0.4, 0.5) is 0 Å². The van der Waals surface area contributed by atoms with Gasteiger partial charge in [0.1, 0.15) is 0 Å². The van der Waals surface area contributed by atoms with E-state index in [0.29, 0.717) is 15.5 Å². The van der Waals surface area contributed by atoms with Gasteiger partial charge in [-0.1, -0.05) is 11.6 Å². The van der Waals surface area contributed by atoms with Crippen LogP contribution in [0.2, 0.25) is 4.34 Å². The van der Waals surface area contributed by atoms with Crippen LogP contribution in [0.1, 0.15) is 27.7 Å². The number of ketones is 1. The summed E-state index contributed by atoms with van der Waals surface area (Å²) in [4.78, 5) is 23.7. The fourth-order valence-electron chi connectivity index (χ4n) is 1.25. The van der Waals surface area contributed by atoms with Crippen LogP contribution in [0.25, 0.3) is 0 Å². The lowest BCUT2D eigenvalue weighted by molar-refractivity contribution is -0.137. The van der Waals surface area contributed by atoms with Crippen LogP contribution in [-0.2, 0) is 9.53 Å². The van der Waals surface area contributed by atoms with Crippen LogP contribution in [0, 0.1) is 13.8 Å². The number of Topliss-reactive ketones (excluding diaryl/α,β-unsaturated/α-hetero) is 1. The molecule has 0 bridgehead atoms. The number of hydrogen-bond donors (Lipinski definition) is 0. The second kappa shape index (κ2) is 4.77. The van der Waals surface area contributed by atoms with Gasteiger partial charge in [-0.2, -0.15) is 0 Å². The van der Waals surface area contributed by atoms with Crippen molar-refractivity contribution < 1.29 is 14.3 Å². The molecule has 0 aliphatic carbocycles. The van der Waals surface area contributed by atoms with Gasteiger partial charge in [-0.15, -0.1) is 11.3 Å². The highest BCUT2D eigenvalue weighted by atomic mass is 35.5. The van der Waals surface area contributed by atoms with Gasteiger partial charge in [0, 0.05) is 10.4 Å². The molecule has 0 amide bonds. The smallest absolute Gasteiger partial charge is 0.379 e. The Morgan fingerprint density at radius 2 is 2.00 bits per heavy atom. The van der Waals surface area contributed by atoms with Crippen LogP contribution in [0.5, 0.6) is 0 Å². The molecule has 1 rings (SSSR count). The minimum absolute atomic E-state index is 0.195. The van der Waals surface area contributed by atoms with E-state index in [-0.39, 0.29) is 6.61 Å². The molecule has 1 aromatic rings. The van der Waals surface area contributed by atoms with Gasteiger partial charge in [0.15, 0.2) is 0 Å². The summed E-state index contributed by atoms with van der Waals surface area (Å²) in [5, 5.41) is 0. The van der Waals surface area contributed by atoms with Gasteiger partial charge in [0.2, 0.25) is 0 Å². The van der Waals surface area contributed by atoms with Crippen LogP contribution in [-0.4, -0.2) is 18.4 Å². The lowest BCUT2D eigenvalue weighted by Crippen LogP contribution is -2.18. The van der Waals surface area contributed by atoms with E-state index in [4.69, 9.17) is 11.6 Å². The summed E-state index contributed by atoms with van der Waals surface area (Å²) in [5.41, 5.74) is 1.03. The Morgan fingerprint density at radius 3 is 2.40 bits per heavy atom. The SMILES string of the molecule is CCOC(=O)C(=O)c1c(C)sc(Cl)c1C. The van der Waals surface area contributed by atoms with E-state index >= 15 is 0 Å². The molecule has 0 fully saturated rings. The molecule has 0 aromatic carbocycles. The second-order valence-corrected chi connectivity index (χ2v) is 4.81. The van der Waals surface area contributed by atoms with Crippen molar-refractivity contribution >= 4 is 34.7 Å². The van der Waals surface area contributed by atoms with Crippen molar-refractivity contribution in [3.8, 4) is 0 Å². The summed E-state index contributed by atoms with van der Waals surface area (Å²) in [6, 6.07) is 0. The largest absolute Gasteiger partial charge is 0.460 e.